The van der Waals surface area contributed by atoms with Crippen LogP contribution in [0.3, 0.4) is 0 Å². The van der Waals surface area contributed by atoms with Gasteiger partial charge in [0, 0.05) is 0 Å². The molecule has 0 N–H and O–H groups in total. The van der Waals surface area contributed by atoms with Gasteiger partial charge in [-0.05, 0) is 50.5 Å². The van der Waals surface area contributed by atoms with Crippen LogP contribution in [0.5, 0.6) is 0 Å². The maximum absolute atomic E-state index is 5.05. The highest BCUT2D eigenvalue weighted by molar-refractivity contribution is 5.05. The predicted octanol–water partition coefficient (Wildman–Crippen LogP) is 3.67. The lowest BCUT2D eigenvalue weighted by Gasteiger charge is -2.23. The Morgan fingerprint density at radius 2 is 2.46 bits per heavy atom. The normalized spacial score (nSPS) is 26.0. The van der Waals surface area contributed by atoms with Crippen molar-refractivity contribution in [3.05, 3.63) is 24.0 Å². The largest absolute Gasteiger partial charge is 0.504 e. The van der Waals surface area contributed by atoms with Crippen LogP contribution in [0.4, 0.5) is 0 Å². The van der Waals surface area contributed by atoms with E-state index in [1.165, 1.54) is 43.3 Å². The summed E-state index contributed by atoms with van der Waals surface area (Å²) >= 11 is 0. The topological polar surface area (TPSA) is 9.23 Å². The van der Waals surface area contributed by atoms with Crippen molar-refractivity contribution in [2.75, 3.05) is 7.11 Å². The summed E-state index contributed by atoms with van der Waals surface area (Å²) in [7, 11) is 1.73. The van der Waals surface area contributed by atoms with Crippen molar-refractivity contribution in [2.24, 2.45) is 5.92 Å². The summed E-state index contributed by atoms with van der Waals surface area (Å²) < 4.78 is 5.05. The summed E-state index contributed by atoms with van der Waals surface area (Å²) in [5.41, 5.74) is 2.78. The monoisotopic (exact) mass is 180 g/mol. The molecule has 1 heteroatoms. The van der Waals surface area contributed by atoms with Crippen molar-refractivity contribution in [1.82, 2.24) is 0 Å². The Bertz CT molecular complexity index is 203. The van der Waals surface area contributed by atoms with Gasteiger partial charge in [-0.2, -0.15) is 0 Å². The van der Waals surface area contributed by atoms with Gasteiger partial charge in [-0.15, -0.1) is 6.58 Å². The number of rotatable bonds is 3. The third-order valence-corrected chi connectivity index (χ3v) is 2.58. The molecule has 0 aliphatic heterocycles. The van der Waals surface area contributed by atoms with Crippen molar-refractivity contribution >= 4 is 0 Å². The summed E-state index contributed by atoms with van der Waals surface area (Å²) in [6, 6.07) is 0. The molecule has 1 aliphatic carbocycles. The number of methoxy groups -OCH3 is 1. The first-order chi connectivity index (χ1) is 6.22. The van der Waals surface area contributed by atoms with Crippen molar-refractivity contribution in [1.29, 1.82) is 0 Å². The Hall–Kier alpha value is -0.720. The Kier molecular flexibility index (Phi) is 4.07. The Labute approximate surface area is 81.5 Å². The predicted molar refractivity (Wildman–Crippen MR) is 56.5 cm³/mol. The van der Waals surface area contributed by atoms with Crippen LogP contribution >= 0.6 is 0 Å². The minimum absolute atomic E-state index is 0.813. The van der Waals surface area contributed by atoms with Crippen LogP contribution in [0, 0.1) is 5.92 Å². The Morgan fingerprint density at radius 3 is 3.08 bits per heavy atom. The molecular formula is C12H20O. The first-order valence-electron chi connectivity index (χ1n) is 5.07. The number of hydrogen-bond acceptors (Lipinski definition) is 1. The molecule has 0 heterocycles. The molecule has 13 heavy (non-hydrogen) atoms. The van der Waals surface area contributed by atoms with E-state index >= 15 is 0 Å². The van der Waals surface area contributed by atoms with Gasteiger partial charge >= 0.3 is 0 Å². The zero-order chi connectivity index (χ0) is 9.68. The molecule has 1 unspecified atom stereocenters. The average molecular weight is 180 g/mol. The number of allylic oxidation sites excluding steroid dienone is 2. The fraction of sp³-hybridized carbons (Fsp3) is 0.667. The van der Waals surface area contributed by atoms with E-state index in [-0.39, 0.29) is 0 Å². The average Bonchev–Trinajstić information content (AvgIpc) is 2.04. The molecule has 1 fully saturated rings. The molecule has 0 radical (unpaired) electrons. The van der Waals surface area contributed by atoms with Crippen LogP contribution in [-0.2, 0) is 4.74 Å². The van der Waals surface area contributed by atoms with E-state index in [0.29, 0.717) is 0 Å². The minimum atomic E-state index is 0.813. The third kappa shape index (κ3) is 3.67. The SMILES string of the molecule is C=C(C)CC1CCC/C(=C\OC)C1. The molecule has 0 saturated heterocycles. The van der Waals surface area contributed by atoms with Crippen molar-refractivity contribution in [3.8, 4) is 0 Å². The maximum atomic E-state index is 5.05. The molecule has 1 rings (SSSR count). The van der Waals surface area contributed by atoms with Gasteiger partial charge < -0.3 is 4.74 Å². The number of ether oxygens (including phenoxy) is 1. The van der Waals surface area contributed by atoms with E-state index in [4.69, 9.17) is 4.74 Å². The van der Waals surface area contributed by atoms with Crippen molar-refractivity contribution in [2.45, 2.75) is 39.0 Å². The minimum Gasteiger partial charge on any atom is -0.504 e. The van der Waals surface area contributed by atoms with E-state index in [1.807, 2.05) is 6.26 Å². The quantitative estimate of drug-likeness (QED) is 0.475. The van der Waals surface area contributed by atoms with Crippen LogP contribution in [-0.4, -0.2) is 7.11 Å². The lowest BCUT2D eigenvalue weighted by molar-refractivity contribution is 0.319. The summed E-state index contributed by atoms with van der Waals surface area (Å²) in [5, 5.41) is 0. The maximum Gasteiger partial charge on any atom is 0.0816 e. The lowest BCUT2D eigenvalue weighted by atomic mass is 9.83. The molecule has 0 spiro atoms. The van der Waals surface area contributed by atoms with E-state index in [2.05, 4.69) is 13.5 Å². The first kappa shape index (κ1) is 10.4. The smallest absolute Gasteiger partial charge is 0.0816 e. The lowest BCUT2D eigenvalue weighted by Crippen LogP contribution is -2.08. The molecule has 74 valence electrons. The fourth-order valence-corrected chi connectivity index (χ4v) is 2.13. The molecule has 0 amide bonds. The van der Waals surface area contributed by atoms with Gasteiger partial charge in [0.1, 0.15) is 0 Å². The molecule has 0 aromatic heterocycles. The zero-order valence-electron chi connectivity index (χ0n) is 8.81. The van der Waals surface area contributed by atoms with Crippen LogP contribution in [0.15, 0.2) is 24.0 Å². The molecule has 1 atom stereocenters. The van der Waals surface area contributed by atoms with Gasteiger partial charge in [-0.1, -0.05) is 5.57 Å². The standard InChI is InChI=1S/C12H20O/c1-10(2)7-11-5-4-6-12(8-11)9-13-3/h9,11H,1,4-8H2,2-3H3/b12-9+. The van der Waals surface area contributed by atoms with Crippen LogP contribution in [0.2, 0.25) is 0 Å². The Balaban J connectivity index is 2.42. The van der Waals surface area contributed by atoms with Crippen molar-refractivity contribution < 1.29 is 4.74 Å². The molecular weight excluding hydrogens is 160 g/mol. The first-order valence-corrected chi connectivity index (χ1v) is 5.07. The molecule has 0 aromatic carbocycles. The molecule has 1 saturated carbocycles. The van der Waals surface area contributed by atoms with Gasteiger partial charge in [-0.3, -0.25) is 0 Å². The Morgan fingerprint density at radius 1 is 1.69 bits per heavy atom. The fourth-order valence-electron chi connectivity index (χ4n) is 2.13. The molecule has 1 nitrogen and oxygen atoms in total. The van der Waals surface area contributed by atoms with Crippen LogP contribution < -0.4 is 0 Å². The summed E-state index contributed by atoms with van der Waals surface area (Å²) in [5.74, 6) is 0.813. The van der Waals surface area contributed by atoms with Crippen LogP contribution in [0.1, 0.15) is 39.0 Å². The van der Waals surface area contributed by atoms with E-state index in [0.717, 1.165) is 5.92 Å². The zero-order valence-corrected chi connectivity index (χ0v) is 8.81. The van der Waals surface area contributed by atoms with Crippen LogP contribution in [0.25, 0.3) is 0 Å². The summed E-state index contributed by atoms with van der Waals surface area (Å²) in [6.07, 6.45) is 8.20. The second-order valence-electron chi connectivity index (χ2n) is 4.14. The second kappa shape index (κ2) is 5.11. The molecule has 1 aliphatic rings. The highest BCUT2D eigenvalue weighted by atomic mass is 16.5. The van der Waals surface area contributed by atoms with Crippen molar-refractivity contribution in [3.63, 3.8) is 0 Å². The van der Waals surface area contributed by atoms with Gasteiger partial charge in [0.2, 0.25) is 0 Å². The molecule has 0 aromatic rings. The van der Waals surface area contributed by atoms with Gasteiger partial charge in [-0.25, -0.2) is 0 Å². The van der Waals surface area contributed by atoms with Gasteiger partial charge in [0.05, 0.1) is 13.4 Å². The third-order valence-electron chi connectivity index (χ3n) is 2.58. The van der Waals surface area contributed by atoms with E-state index in [9.17, 15) is 0 Å². The molecule has 0 bridgehead atoms. The second-order valence-corrected chi connectivity index (χ2v) is 4.14. The number of hydrogen-bond donors (Lipinski definition) is 0. The summed E-state index contributed by atoms with van der Waals surface area (Å²) in [6.45, 7) is 6.09. The highest BCUT2D eigenvalue weighted by Gasteiger charge is 2.16. The highest BCUT2D eigenvalue weighted by Crippen LogP contribution is 2.31. The van der Waals surface area contributed by atoms with E-state index in [1.54, 1.807) is 7.11 Å². The van der Waals surface area contributed by atoms with Gasteiger partial charge in [0.15, 0.2) is 0 Å². The summed E-state index contributed by atoms with van der Waals surface area (Å²) in [4.78, 5) is 0. The van der Waals surface area contributed by atoms with E-state index < -0.39 is 0 Å². The van der Waals surface area contributed by atoms with Gasteiger partial charge in [0.25, 0.3) is 0 Å².